The van der Waals surface area contributed by atoms with Gasteiger partial charge in [0, 0.05) is 17.4 Å². The first-order valence-electron chi connectivity index (χ1n) is 12.0. The Hall–Kier alpha value is -4.44. The van der Waals surface area contributed by atoms with E-state index in [1.165, 1.54) is 16.3 Å². The number of methoxy groups -OCH3 is 1. The van der Waals surface area contributed by atoms with Crippen LogP contribution in [0.1, 0.15) is 11.1 Å². The number of ether oxygens (including phenoxy) is 3. The number of nitrogens with zero attached hydrogens (tertiary/aromatic N) is 2. The van der Waals surface area contributed by atoms with Gasteiger partial charge in [-0.2, -0.15) is 0 Å². The van der Waals surface area contributed by atoms with Crippen molar-refractivity contribution in [1.82, 2.24) is 19.9 Å². The van der Waals surface area contributed by atoms with Gasteiger partial charge in [-0.1, -0.05) is 42.1 Å². The third kappa shape index (κ3) is 4.32. The lowest BCUT2D eigenvalue weighted by molar-refractivity contribution is -0.118. The maximum absolute atomic E-state index is 13.8. The lowest BCUT2D eigenvalue weighted by Crippen LogP contribution is -2.26. The molecular formula is C28H24N4O5S. The van der Waals surface area contributed by atoms with E-state index in [0.717, 1.165) is 22.0 Å². The van der Waals surface area contributed by atoms with E-state index in [0.29, 0.717) is 45.7 Å². The zero-order valence-corrected chi connectivity index (χ0v) is 21.6. The molecule has 1 aliphatic heterocycles. The number of fused-ring (bicyclic) bond motifs is 4. The quantitative estimate of drug-likeness (QED) is 0.239. The lowest BCUT2D eigenvalue weighted by Gasteiger charge is -2.15. The number of carbonyl (C=O) groups excluding carboxylic acids is 1. The number of rotatable bonds is 7. The molecule has 0 saturated carbocycles. The summed E-state index contributed by atoms with van der Waals surface area (Å²) in [6.45, 7) is 2.48. The number of thioether (sulfide) groups is 1. The zero-order chi connectivity index (χ0) is 26.2. The molecule has 1 aliphatic rings. The first-order chi connectivity index (χ1) is 18.5. The molecule has 9 nitrogen and oxygen atoms in total. The molecule has 10 heteroatoms. The van der Waals surface area contributed by atoms with Crippen molar-refractivity contribution in [2.75, 3.05) is 19.7 Å². The Morgan fingerprint density at radius 1 is 1.13 bits per heavy atom. The fraction of sp³-hybridized carbons (Fsp3) is 0.179. The Bertz CT molecular complexity index is 1760. The van der Waals surface area contributed by atoms with Crippen LogP contribution in [0.3, 0.4) is 0 Å². The van der Waals surface area contributed by atoms with Crippen molar-refractivity contribution in [2.45, 2.75) is 18.6 Å². The summed E-state index contributed by atoms with van der Waals surface area (Å²) in [5.41, 5.74) is 3.93. The van der Waals surface area contributed by atoms with Gasteiger partial charge in [-0.25, -0.2) is 9.55 Å². The Morgan fingerprint density at radius 2 is 1.97 bits per heavy atom. The molecule has 0 fully saturated rings. The van der Waals surface area contributed by atoms with Gasteiger partial charge in [0.15, 0.2) is 16.7 Å². The number of aromatic amines is 1. The summed E-state index contributed by atoms with van der Waals surface area (Å²) < 4.78 is 17.8. The van der Waals surface area contributed by atoms with E-state index >= 15 is 0 Å². The third-order valence-electron chi connectivity index (χ3n) is 6.33. The Balaban J connectivity index is 1.33. The minimum Gasteiger partial charge on any atom is -0.495 e. The van der Waals surface area contributed by atoms with Gasteiger partial charge in [-0.15, -0.1) is 0 Å². The van der Waals surface area contributed by atoms with Gasteiger partial charge >= 0.3 is 0 Å². The van der Waals surface area contributed by atoms with E-state index in [2.05, 4.69) is 10.3 Å². The van der Waals surface area contributed by atoms with Gasteiger partial charge in [-0.05, 0) is 48.4 Å². The van der Waals surface area contributed by atoms with Gasteiger partial charge < -0.3 is 24.5 Å². The van der Waals surface area contributed by atoms with Gasteiger partial charge in [-0.3, -0.25) is 9.59 Å². The van der Waals surface area contributed by atoms with Crippen molar-refractivity contribution < 1.29 is 19.0 Å². The summed E-state index contributed by atoms with van der Waals surface area (Å²) in [7, 11) is 1.56. The van der Waals surface area contributed by atoms with Crippen molar-refractivity contribution >= 4 is 39.6 Å². The molecule has 5 aromatic rings. The molecule has 0 radical (unpaired) electrons. The molecule has 3 aromatic carbocycles. The van der Waals surface area contributed by atoms with Crippen LogP contribution in [0.2, 0.25) is 0 Å². The molecular weight excluding hydrogens is 504 g/mol. The molecule has 0 aliphatic carbocycles. The van der Waals surface area contributed by atoms with E-state index in [1.807, 2.05) is 67.6 Å². The van der Waals surface area contributed by atoms with Crippen LogP contribution >= 0.6 is 11.8 Å². The van der Waals surface area contributed by atoms with Crippen molar-refractivity contribution in [3.63, 3.8) is 0 Å². The molecule has 6 rings (SSSR count). The summed E-state index contributed by atoms with van der Waals surface area (Å²) in [5.74, 6) is 1.77. The predicted molar refractivity (Wildman–Crippen MR) is 146 cm³/mol. The molecule has 0 bridgehead atoms. The zero-order valence-electron chi connectivity index (χ0n) is 20.7. The highest BCUT2D eigenvalue weighted by Gasteiger charge is 2.20. The third-order valence-corrected chi connectivity index (χ3v) is 7.27. The first kappa shape index (κ1) is 23.9. The fourth-order valence-electron chi connectivity index (χ4n) is 4.46. The van der Waals surface area contributed by atoms with Gasteiger partial charge in [0.1, 0.15) is 16.8 Å². The predicted octanol–water partition coefficient (Wildman–Crippen LogP) is 4.32. The number of aryl methyl sites for hydroxylation is 1. The monoisotopic (exact) mass is 528 g/mol. The van der Waals surface area contributed by atoms with Crippen molar-refractivity contribution in [1.29, 1.82) is 0 Å². The first-order valence-corrected chi connectivity index (χ1v) is 13.0. The molecule has 0 atom stereocenters. The normalized spacial score (nSPS) is 12.3. The highest BCUT2D eigenvalue weighted by atomic mass is 32.2. The minimum atomic E-state index is -0.265. The van der Waals surface area contributed by atoms with E-state index in [-0.39, 0.29) is 24.0 Å². The fourth-order valence-corrected chi connectivity index (χ4v) is 5.29. The van der Waals surface area contributed by atoms with Crippen LogP contribution in [-0.4, -0.2) is 40.1 Å². The van der Waals surface area contributed by atoms with Crippen LogP contribution in [-0.2, 0) is 11.3 Å². The van der Waals surface area contributed by atoms with Crippen LogP contribution in [0.15, 0.2) is 70.6 Å². The smallest absolute Gasteiger partial charge is 0.283 e. The number of carbonyl (C=O) groups is 1. The summed E-state index contributed by atoms with van der Waals surface area (Å²) in [5, 5.41) is 4.17. The number of para-hydroxylation sites is 1. The van der Waals surface area contributed by atoms with E-state index in [4.69, 9.17) is 19.2 Å². The number of benzene rings is 3. The van der Waals surface area contributed by atoms with Crippen LogP contribution in [0.25, 0.3) is 27.6 Å². The summed E-state index contributed by atoms with van der Waals surface area (Å²) in [4.78, 5) is 34.7. The van der Waals surface area contributed by atoms with Crippen LogP contribution in [0.4, 0.5) is 0 Å². The van der Waals surface area contributed by atoms with Crippen LogP contribution in [0.5, 0.6) is 17.2 Å². The molecule has 0 saturated heterocycles. The molecule has 38 heavy (non-hydrogen) atoms. The van der Waals surface area contributed by atoms with Crippen LogP contribution in [0, 0.1) is 6.92 Å². The summed E-state index contributed by atoms with van der Waals surface area (Å²) in [6, 6.07) is 18.8. The average molecular weight is 529 g/mol. The maximum Gasteiger partial charge on any atom is 0.283 e. The second-order valence-corrected chi connectivity index (χ2v) is 9.80. The van der Waals surface area contributed by atoms with E-state index < -0.39 is 0 Å². The van der Waals surface area contributed by atoms with Gasteiger partial charge in [0.25, 0.3) is 5.56 Å². The highest BCUT2D eigenvalue weighted by molar-refractivity contribution is 7.99. The lowest BCUT2D eigenvalue weighted by atomic mass is 10.2. The standard InChI is InChI=1S/C28H24N4O5S/c1-16-7-9-21(35-2)20(11-16)32-27(34)26-25(18-5-3-4-6-19(18)30-26)31-28(32)38-14-24(33)29-13-17-8-10-22-23(12-17)37-15-36-22/h3-12,30H,13-15H2,1-2H3,(H,29,33). The average Bonchev–Trinajstić information content (AvgIpc) is 3.55. The Morgan fingerprint density at radius 3 is 2.84 bits per heavy atom. The largest absolute Gasteiger partial charge is 0.495 e. The van der Waals surface area contributed by atoms with Gasteiger partial charge in [0.2, 0.25) is 12.7 Å². The van der Waals surface area contributed by atoms with Crippen molar-refractivity contribution in [3.05, 3.63) is 82.1 Å². The minimum absolute atomic E-state index is 0.0684. The maximum atomic E-state index is 13.8. The summed E-state index contributed by atoms with van der Waals surface area (Å²) in [6.07, 6.45) is 0. The van der Waals surface area contributed by atoms with Gasteiger partial charge in [0.05, 0.1) is 18.6 Å². The number of H-pyrrole nitrogens is 1. The second kappa shape index (κ2) is 9.79. The number of hydrogen-bond donors (Lipinski definition) is 2. The van der Waals surface area contributed by atoms with Crippen molar-refractivity contribution in [2.24, 2.45) is 0 Å². The summed E-state index contributed by atoms with van der Waals surface area (Å²) >= 11 is 1.20. The molecule has 0 spiro atoms. The SMILES string of the molecule is COc1ccc(C)cc1-n1c(SCC(=O)NCc2ccc3c(c2)OCO3)nc2c([nH]c3ccccc32)c1=O. The van der Waals surface area contributed by atoms with Crippen molar-refractivity contribution in [3.8, 4) is 22.9 Å². The van der Waals surface area contributed by atoms with Crippen LogP contribution < -0.4 is 25.1 Å². The molecule has 0 unspecified atom stereocenters. The molecule has 3 heterocycles. The number of aromatic nitrogens is 3. The Kier molecular flexibility index (Phi) is 6.16. The Labute approximate surface area is 221 Å². The molecule has 2 aromatic heterocycles. The number of amides is 1. The van der Waals surface area contributed by atoms with E-state index in [9.17, 15) is 9.59 Å². The number of hydrogen-bond acceptors (Lipinski definition) is 7. The topological polar surface area (TPSA) is 107 Å². The molecule has 2 N–H and O–H groups in total. The second-order valence-electron chi connectivity index (χ2n) is 8.86. The molecule has 192 valence electrons. The molecule has 1 amide bonds. The van der Waals surface area contributed by atoms with E-state index in [1.54, 1.807) is 7.11 Å². The number of nitrogens with one attached hydrogen (secondary N) is 2. The highest BCUT2D eigenvalue weighted by Crippen LogP contribution is 2.33.